The number of hydrogen-bond donors (Lipinski definition) is 3. The van der Waals surface area contributed by atoms with Gasteiger partial charge in [-0.15, -0.1) is 0 Å². The molecule has 1 unspecified atom stereocenters. The van der Waals surface area contributed by atoms with Crippen molar-refractivity contribution in [3.63, 3.8) is 0 Å². The number of nitrogens with one attached hydrogen (secondary N) is 3. The summed E-state index contributed by atoms with van der Waals surface area (Å²) in [6.07, 6.45) is 2.77. The first-order valence-corrected chi connectivity index (χ1v) is 12.6. The van der Waals surface area contributed by atoms with Gasteiger partial charge in [-0.05, 0) is 53.2 Å². The number of anilines is 1. The van der Waals surface area contributed by atoms with Gasteiger partial charge in [0.05, 0.1) is 25.1 Å². The third kappa shape index (κ3) is 5.89. The van der Waals surface area contributed by atoms with E-state index in [4.69, 9.17) is 17.0 Å². The molecule has 6 nitrogen and oxygen atoms in total. The highest BCUT2D eigenvalue weighted by molar-refractivity contribution is 7.92. The number of ether oxygens (including phenoxy) is 1. The fraction of sp³-hybridized carbons (Fsp3) is 0.435. The van der Waals surface area contributed by atoms with E-state index in [1.54, 1.807) is 13.2 Å². The van der Waals surface area contributed by atoms with Crippen LogP contribution in [-0.4, -0.2) is 26.9 Å². The average molecular weight is 462 g/mol. The number of methoxy groups -OCH3 is 1. The third-order valence-electron chi connectivity index (χ3n) is 5.43. The molecule has 0 amide bonds. The van der Waals surface area contributed by atoms with Crippen molar-refractivity contribution in [2.75, 3.05) is 18.1 Å². The van der Waals surface area contributed by atoms with Crippen molar-refractivity contribution in [2.45, 2.75) is 51.6 Å². The number of sulfonamides is 1. The Morgan fingerprint density at radius 3 is 2.42 bits per heavy atom. The lowest BCUT2D eigenvalue weighted by atomic mass is 9.87. The molecule has 0 aliphatic heterocycles. The van der Waals surface area contributed by atoms with Crippen molar-refractivity contribution < 1.29 is 13.2 Å². The fourth-order valence-electron chi connectivity index (χ4n) is 3.85. The first kappa shape index (κ1) is 23.3. The Labute approximate surface area is 190 Å². The van der Waals surface area contributed by atoms with Gasteiger partial charge in [0.1, 0.15) is 5.75 Å². The maximum absolute atomic E-state index is 11.6. The molecular weight excluding hydrogens is 430 g/mol. The number of fused-ring (bicyclic) bond motifs is 1. The zero-order valence-corrected chi connectivity index (χ0v) is 20.3. The Bertz CT molecular complexity index is 1060. The van der Waals surface area contributed by atoms with Gasteiger partial charge in [0, 0.05) is 12.1 Å². The number of rotatable bonds is 6. The maximum Gasteiger partial charge on any atom is 0.229 e. The molecule has 0 saturated heterocycles. The number of thiocarbonyl (C=S) groups is 1. The van der Waals surface area contributed by atoms with Crippen LogP contribution in [0.1, 0.15) is 55.5 Å². The second-order valence-electron chi connectivity index (χ2n) is 8.95. The summed E-state index contributed by atoms with van der Waals surface area (Å²) in [4.78, 5) is 0. The lowest BCUT2D eigenvalue weighted by molar-refractivity contribution is 0.412. The van der Waals surface area contributed by atoms with Crippen molar-refractivity contribution in [3.8, 4) is 5.75 Å². The van der Waals surface area contributed by atoms with Gasteiger partial charge in [-0.3, -0.25) is 4.72 Å². The quantitative estimate of drug-likeness (QED) is 0.564. The molecule has 3 N–H and O–H groups in total. The minimum atomic E-state index is -3.38. The smallest absolute Gasteiger partial charge is 0.229 e. The highest BCUT2D eigenvalue weighted by atomic mass is 32.2. The predicted octanol–water partition coefficient (Wildman–Crippen LogP) is 4.02. The summed E-state index contributed by atoms with van der Waals surface area (Å²) >= 11 is 5.52. The molecule has 0 spiro atoms. The Morgan fingerprint density at radius 1 is 1.16 bits per heavy atom. The van der Waals surface area contributed by atoms with Crippen molar-refractivity contribution in [1.29, 1.82) is 0 Å². The third-order valence-corrected chi connectivity index (χ3v) is 6.29. The van der Waals surface area contributed by atoms with Gasteiger partial charge in [0.25, 0.3) is 0 Å². The van der Waals surface area contributed by atoms with Gasteiger partial charge in [0.2, 0.25) is 10.0 Å². The van der Waals surface area contributed by atoms with Crippen molar-refractivity contribution in [3.05, 3.63) is 58.7 Å². The maximum atomic E-state index is 11.6. The van der Waals surface area contributed by atoms with Crippen molar-refractivity contribution >= 4 is 33.0 Å². The van der Waals surface area contributed by atoms with Crippen LogP contribution in [-0.2, 0) is 28.4 Å². The van der Waals surface area contributed by atoms with Crippen LogP contribution in [0.5, 0.6) is 5.75 Å². The van der Waals surface area contributed by atoms with Gasteiger partial charge in [-0.25, -0.2) is 8.42 Å². The number of benzene rings is 2. The van der Waals surface area contributed by atoms with Gasteiger partial charge in [-0.1, -0.05) is 51.1 Å². The molecular formula is C23H31N3O3S2. The van der Waals surface area contributed by atoms with Gasteiger partial charge < -0.3 is 15.4 Å². The lowest BCUT2D eigenvalue weighted by Gasteiger charge is -2.20. The Hall–Kier alpha value is -2.32. The monoisotopic (exact) mass is 461 g/mol. The van der Waals surface area contributed by atoms with Crippen LogP contribution in [0.2, 0.25) is 0 Å². The molecule has 2 aromatic carbocycles. The largest absolute Gasteiger partial charge is 0.494 e. The molecule has 1 atom stereocenters. The summed E-state index contributed by atoms with van der Waals surface area (Å²) in [6, 6.07) is 12.3. The highest BCUT2D eigenvalue weighted by Crippen LogP contribution is 2.41. The SMILES string of the molecule is COc1c(NS(C)(=O)=O)ccc2c1CCC2NC(=S)NCc1ccc(C(C)(C)C)cc1. The normalized spacial score (nSPS) is 15.8. The molecule has 0 fully saturated rings. The first-order chi connectivity index (χ1) is 14.5. The van der Waals surface area contributed by atoms with E-state index in [-0.39, 0.29) is 11.5 Å². The lowest BCUT2D eigenvalue weighted by Crippen LogP contribution is -2.36. The Morgan fingerprint density at radius 2 is 1.84 bits per heavy atom. The van der Waals surface area contributed by atoms with E-state index in [1.165, 1.54) is 11.1 Å². The van der Waals surface area contributed by atoms with Crippen LogP contribution in [0.25, 0.3) is 0 Å². The first-order valence-electron chi connectivity index (χ1n) is 10.3. The van der Waals surface area contributed by atoms with Gasteiger partial charge in [0.15, 0.2) is 5.11 Å². The van der Waals surface area contributed by atoms with E-state index in [9.17, 15) is 8.42 Å². The molecule has 0 saturated carbocycles. The molecule has 0 bridgehead atoms. The zero-order chi connectivity index (χ0) is 22.8. The number of hydrogen-bond acceptors (Lipinski definition) is 4. The highest BCUT2D eigenvalue weighted by Gasteiger charge is 2.28. The summed E-state index contributed by atoms with van der Waals surface area (Å²) in [5.41, 5.74) is 5.16. The molecule has 2 aromatic rings. The van der Waals surface area contributed by atoms with Crippen LogP contribution < -0.4 is 20.1 Å². The van der Waals surface area contributed by atoms with E-state index >= 15 is 0 Å². The molecule has 1 aliphatic carbocycles. The molecule has 3 rings (SSSR count). The van der Waals surface area contributed by atoms with E-state index in [1.807, 2.05) is 6.07 Å². The van der Waals surface area contributed by atoms with Gasteiger partial charge >= 0.3 is 0 Å². The Kier molecular flexibility index (Phi) is 6.81. The second kappa shape index (κ2) is 9.04. The van der Waals surface area contributed by atoms with E-state index in [0.717, 1.165) is 30.2 Å². The van der Waals surface area contributed by atoms with Crippen LogP contribution in [0.4, 0.5) is 5.69 Å². The van der Waals surface area contributed by atoms with Crippen LogP contribution >= 0.6 is 12.2 Å². The van der Waals surface area contributed by atoms with E-state index in [2.05, 4.69) is 60.4 Å². The second-order valence-corrected chi connectivity index (χ2v) is 11.1. The minimum absolute atomic E-state index is 0.0550. The molecule has 31 heavy (non-hydrogen) atoms. The van der Waals surface area contributed by atoms with Crippen molar-refractivity contribution in [2.24, 2.45) is 0 Å². The average Bonchev–Trinajstić information content (AvgIpc) is 3.07. The van der Waals surface area contributed by atoms with Crippen LogP contribution in [0.3, 0.4) is 0 Å². The topological polar surface area (TPSA) is 79.5 Å². The standard InChI is InChI=1S/C23H31N3O3S2/c1-23(2,3)16-8-6-15(7-9-16)14-24-22(30)25-19-12-11-18-17(19)10-13-20(21(18)29-4)26-31(5,27)28/h6-10,13,19,26H,11-12,14H2,1-5H3,(H2,24,25,30). The molecule has 8 heteroatoms. The van der Waals surface area contributed by atoms with Gasteiger partial charge in [-0.2, -0.15) is 0 Å². The summed E-state index contributed by atoms with van der Waals surface area (Å²) in [6.45, 7) is 7.26. The Balaban J connectivity index is 1.64. The van der Waals surface area contributed by atoms with E-state index in [0.29, 0.717) is 23.1 Å². The fourth-order valence-corrected chi connectivity index (χ4v) is 4.62. The predicted molar refractivity (Wildman–Crippen MR) is 130 cm³/mol. The summed E-state index contributed by atoms with van der Waals surface area (Å²) in [5.74, 6) is 0.574. The summed E-state index contributed by atoms with van der Waals surface area (Å²) in [5, 5.41) is 7.26. The van der Waals surface area contributed by atoms with Crippen LogP contribution in [0.15, 0.2) is 36.4 Å². The molecule has 0 radical (unpaired) electrons. The molecule has 168 valence electrons. The summed E-state index contributed by atoms with van der Waals surface area (Å²) in [7, 11) is -1.82. The van der Waals surface area contributed by atoms with E-state index < -0.39 is 10.0 Å². The molecule has 1 aliphatic rings. The van der Waals surface area contributed by atoms with Crippen molar-refractivity contribution in [1.82, 2.24) is 10.6 Å². The van der Waals surface area contributed by atoms with Crippen LogP contribution in [0, 0.1) is 0 Å². The summed E-state index contributed by atoms with van der Waals surface area (Å²) < 4.78 is 31.3. The molecule has 0 aromatic heterocycles. The zero-order valence-electron chi connectivity index (χ0n) is 18.7. The molecule has 0 heterocycles. The minimum Gasteiger partial charge on any atom is -0.494 e.